The molecule has 2 heterocycles. The zero-order valence-corrected chi connectivity index (χ0v) is 12.1. The van der Waals surface area contributed by atoms with E-state index in [0.29, 0.717) is 24.0 Å². The largest absolute Gasteiger partial charge is 0.464 e. The van der Waals surface area contributed by atoms with Crippen molar-refractivity contribution in [1.29, 1.82) is 0 Å². The minimum Gasteiger partial charge on any atom is -0.464 e. The number of hydrazine groups is 1. The Morgan fingerprint density at radius 2 is 2.35 bits per heavy atom. The number of nitrogen functional groups attached to an aromatic ring is 1. The molecule has 1 aliphatic rings. The summed E-state index contributed by atoms with van der Waals surface area (Å²) in [4.78, 5) is 13.7. The number of nitrogens with one attached hydrogen (secondary N) is 1. The van der Waals surface area contributed by atoms with E-state index in [1.54, 1.807) is 13.0 Å². The molecule has 0 aromatic carbocycles. The topological polar surface area (TPSA) is 80.7 Å². The number of furan rings is 1. The highest BCUT2D eigenvalue weighted by Gasteiger charge is 2.18. The zero-order valence-electron chi connectivity index (χ0n) is 12.1. The first-order chi connectivity index (χ1) is 9.60. The Balaban J connectivity index is 1.90. The first-order valence-corrected chi connectivity index (χ1v) is 7.00. The molecule has 1 aromatic rings. The lowest BCUT2D eigenvalue weighted by Crippen LogP contribution is -2.33. The molecule has 0 saturated carbocycles. The molecule has 1 aromatic heterocycles. The van der Waals surface area contributed by atoms with Crippen LogP contribution in [0.15, 0.2) is 10.5 Å². The van der Waals surface area contributed by atoms with Crippen LogP contribution in [0.1, 0.15) is 41.1 Å². The molecule has 6 nitrogen and oxygen atoms in total. The summed E-state index contributed by atoms with van der Waals surface area (Å²) in [7, 11) is 2.03. The Morgan fingerprint density at radius 3 is 3.00 bits per heavy atom. The summed E-state index contributed by atoms with van der Waals surface area (Å²) in [5.41, 5.74) is 2.61. The molecule has 1 aliphatic heterocycles. The lowest BCUT2D eigenvalue weighted by molar-refractivity contribution is -0.00340. The van der Waals surface area contributed by atoms with Crippen LogP contribution in [0.2, 0.25) is 0 Å². The summed E-state index contributed by atoms with van der Waals surface area (Å²) in [6, 6.07) is 1.75. The maximum atomic E-state index is 11.5. The Kier molecular flexibility index (Phi) is 5.17. The second-order valence-electron chi connectivity index (χ2n) is 5.34. The van der Waals surface area contributed by atoms with E-state index in [1.807, 2.05) is 7.05 Å². The maximum absolute atomic E-state index is 11.5. The average molecular weight is 281 g/mol. The van der Waals surface area contributed by atoms with E-state index >= 15 is 0 Å². The number of rotatable bonds is 5. The molecular weight excluding hydrogens is 258 g/mol. The molecule has 1 fully saturated rings. The van der Waals surface area contributed by atoms with Gasteiger partial charge in [0.25, 0.3) is 5.91 Å². The first kappa shape index (κ1) is 15.0. The van der Waals surface area contributed by atoms with Crippen molar-refractivity contribution in [3.05, 3.63) is 23.2 Å². The highest BCUT2D eigenvalue weighted by molar-refractivity contribution is 5.94. The fourth-order valence-corrected chi connectivity index (χ4v) is 2.55. The summed E-state index contributed by atoms with van der Waals surface area (Å²) in [5.74, 6) is 6.17. The Morgan fingerprint density at radius 1 is 1.55 bits per heavy atom. The third-order valence-corrected chi connectivity index (χ3v) is 3.56. The molecular formula is C14H23N3O3. The number of ether oxygens (including phenoxy) is 1. The molecule has 0 spiro atoms. The maximum Gasteiger partial charge on any atom is 0.268 e. The molecule has 112 valence electrons. The van der Waals surface area contributed by atoms with Gasteiger partial charge in [0.15, 0.2) is 0 Å². The molecule has 1 unspecified atom stereocenters. The molecule has 1 saturated heterocycles. The fourth-order valence-electron chi connectivity index (χ4n) is 2.55. The summed E-state index contributed by atoms with van der Waals surface area (Å²) in [6.07, 6.45) is 3.81. The average Bonchev–Trinajstić information content (AvgIpc) is 2.79. The Labute approximate surface area is 119 Å². The van der Waals surface area contributed by atoms with Crippen molar-refractivity contribution in [3.8, 4) is 0 Å². The van der Waals surface area contributed by atoms with E-state index < -0.39 is 0 Å². The number of likely N-dealkylation sites (N-methyl/N-ethyl adjacent to an activating group) is 1. The molecule has 20 heavy (non-hydrogen) atoms. The van der Waals surface area contributed by atoms with E-state index in [0.717, 1.165) is 31.8 Å². The SMILES string of the molecule is Cc1oc(CN(C)CC2CCCCO2)cc1C(=O)NN. The molecule has 1 amide bonds. The predicted molar refractivity (Wildman–Crippen MR) is 75.0 cm³/mol. The van der Waals surface area contributed by atoms with Gasteiger partial charge in [0.05, 0.1) is 18.2 Å². The third-order valence-electron chi connectivity index (χ3n) is 3.56. The highest BCUT2D eigenvalue weighted by atomic mass is 16.5. The van der Waals surface area contributed by atoms with Gasteiger partial charge in [-0.15, -0.1) is 0 Å². The van der Waals surface area contributed by atoms with Gasteiger partial charge >= 0.3 is 0 Å². The number of hydrogen-bond donors (Lipinski definition) is 2. The van der Waals surface area contributed by atoms with Crippen molar-refractivity contribution >= 4 is 5.91 Å². The molecule has 0 aliphatic carbocycles. The summed E-state index contributed by atoms with van der Waals surface area (Å²) < 4.78 is 11.3. The number of hydrogen-bond acceptors (Lipinski definition) is 5. The number of nitrogens with zero attached hydrogens (tertiary/aromatic N) is 1. The van der Waals surface area contributed by atoms with Crippen LogP contribution in [0, 0.1) is 6.92 Å². The van der Waals surface area contributed by atoms with E-state index in [2.05, 4.69) is 10.3 Å². The van der Waals surface area contributed by atoms with Gasteiger partial charge in [-0.25, -0.2) is 5.84 Å². The van der Waals surface area contributed by atoms with E-state index in [1.165, 1.54) is 6.42 Å². The van der Waals surface area contributed by atoms with Crippen molar-refractivity contribution in [2.45, 2.75) is 38.8 Å². The van der Waals surface area contributed by atoms with Crippen LogP contribution < -0.4 is 11.3 Å². The van der Waals surface area contributed by atoms with Gasteiger partial charge in [-0.3, -0.25) is 15.1 Å². The normalized spacial score (nSPS) is 19.3. The van der Waals surface area contributed by atoms with Crippen LogP contribution in [0.25, 0.3) is 0 Å². The standard InChI is InChI=1S/C14H23N3O3/c1-10-13(14(18)16-15)7-12(20-10)9-17(2)8-11-5-3-4-6-19-11/h7,11H,3-6,8-9,15H2,1-2H3,(H,16,18). The first-order valence-electron chi connectivity index (χ1n) is 7.00. The second-order valence-corrected chi connectivity index (χ2v) is 5.34. The molecule has 1 atom stereocenters. The summed E-state index contributed by atoms with van der Waals surface area (Å²) in [5, 5.41) is 0. The van der Waals surface area contributed by atoms with Gasteiger partial charge in [0.2, 0.25) is 0 Å². The second kappa shape index (κ2) is 6.88. The van der Waals surface area contributed by atoms with Crippen molar-refractivity contribution in [2.75, 3.05) is 20.2 Å². The van der Waals surface area contributed by atoms with Gasteiger partial charge in [-0.2, -0.15) is 0 Å². The molecule has 0 radical (unpaired) electrons. The number of carbonyl (C=O) groups is 1. The Bertz CT molecular complexity index is 453. The van der Waals surface area contributed by atoms with E-state index in [-0.39, 0.29) is 5.91 Å². The van der Waals surface area contributed by atoms with Gasteiger partial charge in [0.1, 0.15) is 11.5 Å². The summed E-state index contributed by atoms with van der Waals surface area (Å²) in [6.45, 7) is 4.15. The predicted octanol–water partition coefficient (Wildman–Crippen LogP) is 1.19. The van der Waals surface area contributed by atoms with Crippen LogP contribution in [-0.4, -0.2) is 37.1 Å². The number of nitrogens with two attached hydrogens (primary N) is 1. The van der Waals surface area contributed by atoms with Crippen LogP contribution >= 0.6 is 0 Å². The van der Waals surface area contributed by atoms with Gasteiger partial charge in [0, 0.05) is 13.2 Å². The van der Waals surface area contributed by atoms with Crippen LogP contribution in [0.5, 0.6) is 0 Å². The minimum absolute atomic E-state index is 0.302. The van der Waals surface area contributed by atoms with Crippen molar-refractivity contribution in [1.82, 2.24) is 10.3 Å². The number of aryl methyl sites for hydroxylation is 1. The summed E-state index contributed by atoms with van der Waals surface area (Å²) >= 11 is 0. The highest BCUT2D eigenvalue weighted by Crippen LogP contribution is 2.18. The molecule has 6 heteroatoms. The minimum atomic E-state index is -0.323. The van der Waals surface area contributed by atoms with Crippen LogP contribution in [0.3, 0.4) is 0 Å². The Hall–Kier alpha value is -1.37. The lowest BCUT2D eigenvalue weighted by atomic mass is 10.1. The van der Waals surface area contributed by atoms with Gasteiger partial charge < -0.3 is 9.15 Å². The van der Waals surface area contributed by atoms with Crippen molar-refractivity contribution in [3.63, 3.8) is 0 Å². The quantitative estimate of drug-likeness (QED) is 0.481. The van der Waals surface area contributed by atoms with Crippen molar-refractivity contribution < 1.29 is 13.9 Å². The number of amides is 1. The van der Waals surface area contributed by atoms with Gasteiger partial charge in [-0.1, -0.05) is 0 Å². The van der Waals surface area contributed by atoms with E-state index in [9.17, 15) is 4.79 Å². The van der Waals surface area contributed by atoms with Gasteiger partial charge in [-0.05, 0) is 39.3 Å². The molecule has 0 bridgehead atoms. The number of carbonyl (C=O) groups excluding carboxylic acids is 1. The smallest absolute Gasteiger partial charge is 0.268 e. The lowest BCUT2D eigenvalue weighted by Gasteiger charge is -2.26. The van der Waals surface area contributed by atoms with Crippen LogP contribution in [0.4, 0.5) is 0 Å². The molecule has 3 N–H and O–H groups in total. The zero-order chi connectivity index (χ0) is 14.5. The van der Waals surface area contributed by atoms with E-state index in [4.69, 9.17) is 15.0 Å². The van der Waals surface area contributed by atoms with Crippen LogP contribution in [-0.2, 0) is 11.3 Å². The monoisotopic (exact) mass is 281 g/mol. The fraction of sp³-hybridized carbons (Fsp3) is 0.643. The molecule has 2 rings (SSSR count). The third kappa shape index (κ3) is 3.82. The van der Waals surface area contributed by atoms with Crippen molar-refractivity contribution in [2.24, 2.45) is 5.84 Å².